The molecule has 8 heteroatoms. The van der Waals surface area contributed by atoms with Crippen molar-refractivity contribution >= 4 is 33.4 Å². The number of aromatic nitrogens is 1. The lowest BCUT2D eigenvalue weighted by molar-refractivity contribution is -0.385. The van der Waals surface area contributed by atoms with Crippen LogP contribution in [0.25, 0.3) is 0 Å². The lowest BCUT2D eigenvalue weighted by atomic mass is 10.0. The summed E-state index contributed by atoms with van der Waals surface area (Å²) in [5.74, 6) is 0.266. The quantitative estimate of drug-likeness (QED) is 0.476. The zero-order valence-corrected chi connectivity index (χ0v) is 13.9. The summed E-state index contributed by atoms with van der Waals surface area (Å²) >= 11 is 3.28. The van der Waals surface area contributed by atoms with Crippen LogP contribution in [0.1, 0.15) is 25.8 Å². The number of hydrogen-bond acceptors (Lipinski definition) is 6. The molecule has 0 radical (unpaired) electrons. The largest absolute Gasteiger partial charge is 0.467 e. The molecular formula is C13H18BrN3O4. The Labute approximate surface area is 131 Å². The van der Waals surface area contributed by atoms with Crippen LogP contribution in [-0.2, 0) is 9.53 Å². The number of methoxy groups -OCH3 is 1. The van der Waals surface area contributed by atoms with Crippen LogP contribution in [0.4, 0.5) is 11.5 Å². The van der Waals surface area contributed by atoms with Crippen LogP contribution in [0.15, 0.2) is 10.7 Å². The SMILES string of the molecule is COC(=O)C(CC(C)C)Nc1ncc([N+](=O)[O-])c(C)c1Br. The van der Waals surface area contributed by atoms with E-state index in [0.29, 0.717) is 22.3 Å². The minimum Gasteiger partial charge on any atom is -0.467 e. The fourth-order valence-electron chi connectivity index (χ4n) is 1.85. The Kier molecular flexibility index (Phi) is 6.07. The average molecular weight is 360 g/mol. The number of esters is 1. The van der Waals surface area contributed by atoms with Gasteiger partial charge in [0.2, 0.25) is 0 Å². The topological polar surface area (TPSA) is 94.4 Å². The van der Waals surface area contributed by atoms with Gasteiger partial charge < -0.3 is 10.1 Å². The molecule has 0 aliphatic heterocycles. The Balaban J connectivity index is 3.07. The molecule has 1 heterocycles. The van der Waals surface area contributed by atoms with E-state index in [1.807, 2.05) is 13.8 Å². The Morgan fingerprint density at radius 3 is 2.67 bits per heavy atom. The first-order chi connectivity index (χ1) is 9.77. The predicted octanol–water partition coefficient (Wildman–Crippen LogP) is 3.06. The van der Waals surface area contributed by atoms with Gasteiger partial charge in [0.25, 0.3) is 5.69 Å². The van der Waals surface area contributed by atoms with Crippen LogP contribution < -0.4 is 5.32 Å². The molecule has 1 aromatic rings. The molecule has 0 aliphatic rings. The number of halogens is 1. The number of anilines is 1. The fraction of sp³-hybridized carbons (Fsp3) is 0.538. The first-order valence-electron chi connectivity index (χ1n) is 6.41. The zero-order valence-electron chi connectivity index (χ0n) is 12.3. The summed E-state index contributed by atoms with van der Waals surface area (Å²) in [7, 11) is 1.32. The molecule has 0 amide bonds. The summed E-state index contributed by atoms with van der Waals surface area (Å²) in [6.45, 7) is 5.59. The molecule has 1 unspecified atom stereocenters. The van der Waals surface area contributed by atoms with E-state index < -0.39 is 16.9 Å². The highest BCUT2D eigenvalue weighted by atomic mass is 79.9. The highest BCUT2D eigenvalue weighted by molar-refractivity contribution is 9.10. The second-order valence-electron chi connectivity index (χ2n) is 5.04. The number of carbonyl (C=O) groups excluding carboxylic acids is 1. The molecular weight excluding hydrogens is 342 g/mol. The second-order valence-corrected chi connectivity index (χ2v) is 5.83. The number of nitrogens with one attached hydrogen (secondary N) is 1. The van der Waals surface area contributed by atoms with Gasteiger partial charge >= 0.3 is 5.97 Å². The first kappa shape index (κ1) is 17.4. The minimum atomic E-state index is -0.556. The smallest absolute Gasteiger partial charge is 0.328 e. The van der Waals surface area contributed by atoms with E-state index in [2.05, 4.69) is 26.2 Å². The number of rotatable bonds is 6. The van der Waals surface area contributed by atoms with E-state index in [-0.39, 0.29) is 11.6 Å². The molecule has 1 rings (SSSR count). The highest BCUT2D eigenvalue weighted by Crippen LogP contribution is 2.31. The third-order valence-electron chi connectivity index (χ3n) is 2.94. The standard InChI is InChI=1S/C13H18BrN3O4/c1-7(2)5-9(13(18)21-4)16-12-11(14)8(3)10(6-15-12)17(19)20/h6-7,9H,5H2,1-4H3,(H,15,16). The van der Waals surface area contributed by atoms with Crippen molar-refractivity contribution in [2.75, 3.05) is 12.4 Å². The van der Waals surface area contributed by atoms with Gasteiger partial charge in [-0.15, -0.1) is 0 Å². The molecule has 0 saturated carbocycles. The van der Waals surface area contributed by atoms with Crippen LogP contribution in [0.2, 0.25) is 0 Å². The molecule has 0 bridgehead atoms. The molecule has 1 atom stereocenters. The first-order valence-corrected chi connectivity index (χ1v) is 7.21. The molecule has 7 nitrogen and oxygen atoms in total. The monoisotopic (exact) mass is 359 g/mol. The molecule has 0 spiro atoms. The van der Waals surface area contributed by atoms with Crippen molar-refractivity contribution in [3.63, 3.8) is 0 Å². The highest BCUT2D eigenvalue weighted by Gasteiger charge is 2.24. The van der Waals surface area contributed by atoms with Crippen molar-refractivity contribution in [2.45, 2.75) is 33.2 Å². The van der Waals surface area contributed by atoms with Crippen LogP contribution in [-0.4, -0.2) is 29.0 Å². The summed E-state index contributed by atoms with van der Waals surface area (Å²) in [5, 5.41) is 13.8. The fourth-order valence-corrected chi connectivity index (χ4v) is 2.27. The molecule has 0 aromatic carbocycles. The maximum Gasteiger partial charge on any atom is 0.328 e. The van der Waals surface area contributed by atoms with Crippen molar-refractivity contribution in [3.8, 4) is 0 Å². The summed E-state index contributed by atoms with van der Waals surface area (Å²) in [6.07, 6.45) is 1.74. The molecule has 0 saturated heterocycles. The van der Waals surface area contributed by atoms with Crippen molar-refractivity contribution in [1.82, 2.24) is 4.98 Å². The molecule has 0 fully saturated rings. The van der Waals surface area contributed by atoms with Gasteiger partial charge in [-0.2, -0.15) is 0 Å². The Bertz CT molecular complexity index is 548. The molecule has 0 aliphatic carbocycles. The minimum absolute atomic E-state index is 0.0779. The summed E-state index contributed by atoms with van der Waals surface area (Å²) in [5.41, 5.74) is 0.372. The Morgan fingerprint density at radius 1 is 1.57 bits per heavy atom. The van der Waals surface area contributed by atoms with Crippen molar-refractivity contribution < 1.29 is 14.5 Å². The zero-order chi connectivity index (χ0) is 16.2. The van der Waals surface area contributed by atoms with E-state index in [1.165, 1.54) is 13.3 Å². The lowest BCUT2D eigenvalue weighted by Gasteiger charge is -2.19. The van der Waals surface area contributed by atoms with Gasteiger partial charge in [-0.3, -0.25) is 10.1 Å². The second kappa shape index (κ2) is 7.35. The third-order valence-corrected chi connectivity index (χ3v) is 3.91. The van der Waals surface area contributed by atoms with E-state index >= 15 is 0 Å². The maximum absolute atomic E-state index is 11.8. The number of pyridine rings is 1. The number of hydrogen-bond donors (Lipinski definition) is 1. The van der Waals surface area contributed by atoms with Gasteiger partial charge in [-0.1, -0.05) is 13.8 Å². The van der Waals surface area contributed by atoms with Gasteiger partial charge in [0.1, 0.15) is 18.1 Å². The molecule has 1 aromatic heterocycles. The number of ether oxygens (including phenoxy) is 1. The van der Waals surface area contributed by atoms with Crippen LogP contribution >= 0.6 is 15.9 Å². The Morgan fingerprint density at radius 2 is 2.19 bits per heavy atom. The molecule has 21 heavy (non-hydrogen) atoms. The lowest BCUT2D eigenvalue weighted by Crippen LogP contribution is -2.32. The average Bonchev–Trinajstić information content (AvgIpc) is 2.41. The van der Waals surface area contributed by atoms with E-state index in [1.54, 1.807) is 6.92 Å². The van der Waals surface area contributed by atoms with Gasteiger partial charge in [0.15, 0.2) is 0 Å². The Hall–Kier alpha value is -1.70. The van der Waals surface area contributed by atoms with Crippen molar-refractivity contribution in [2.24, 2.45) is 5.92 Å². The van der Waals surface area contributed by atoms with Gasteiger partial charge in [0, 0.05) is 5.56 Å². The van der Waals surface area contributed by atoms with E-state index in [9.17, 15) is 14.9 Å². The van der Waals surface area contributed by atoms with Crippen LogP contribution in [0, 0.1) is 23.0 Å². The van der Waals surface area contributed by atoms with Crippen molar-refractivity contribution in [3.05, 3.63) is 26.3 Å². The number of nitro groups is 1. The van der Waals surface area contributed by atoms with Crippen molar-refractivity contribution in [1.29, 1.82) is 0 Å². The number of nitrogens with zero attached hydrogens (tertiary/aromatic N) is 2. The van der Waals surface area contributed by atoms with Crippen LogP contribution in [0.3, 0.4) is 0 Å². The van der Waals surface area contributed by atoms with Gasteiger partial charge in [-0.25, -0.2) is 9.78 Å². The van der Waals surface area contributed by atoms with Gasteiger partial charge in [-0.05, 0) is 35.2 Å². The number of carbonyl (C=O) groups is 1. The maximum atomic E-state index is 11.8. The summed E-state index contributed by atoms with van der Waals surface area (Å²) < 4.78 is 5.23. The third kappa shape index (κ3) is 4.38. The molecule has 1 N–H and O–H groups in total. The van der Waals surface area contributed by atoms with Crippen LogP contribution in [0.5, 0.6) is 0 Å². The molecule has 116 valence electrons. The predicted molar refractivity (Wildman–Crippen MR) is 82.2 cm³/mol. The van der Waals surface area contributed by atoms with E-state index in [0.717, 1.165) is 0 Å². The summed E-state index contributed by atoms with van der Waals surface area (Å²) in [4.78, 5) is 26.2. The van der Waals surface area contributed by atoms with Gasteiger partial charge in [0.05, 0.1) is 16.5 Å². The normalized spacial score (nSPS) is 12.1. The van der Waals surface area contributed by atoms with E-state index in [4.69, 9.17) is 4.74 Å². The summed E-state index contributed by atoms with van der Waals surface area (Å²) in [6, 6.07) is -0.556.